The van der Waals surface area contributed by atoms with Gasteiger partial charge in [0.1, 0.15) is 11.4 Å². The Bertz CT molecular complexity index is 820. The Morgan fingerprint density at radius 3 is 1.88 bits per heavy atom. The Labute approximate surface area is 189 Å². The van der Waals surface area contributed by atoms with Crippen LogP contribution in [-0.4, -0.2) is 63.5 Å². The molecule has 4 aliphatic carbocycles. The van der Waals surface area contributed by atoms with Crippen molar-refractivity contribution in [2.24, 2.45) is 35.5 Å². The van der Waals surface area contributed by atoms with E-state index >= 15 is 0 Å². The van der Waals surface area contributed by atoms with E-state index in [2.05, 4.69) is 0 Å². The number of carbonyl (C=O) groups is 4. The number of Topliss-reactive ketones (excluding diaryl/α,β-unsaturated/α-hetero) is 1. The number of amides is 3. The lowest BCUT2D eigenvalue weighted by Crippen LogP contribution is -2.55. The lowest BCUT2D eigenvalue weighted by atomic mass is 9.80. The third kappa shape index (κ3) is 4.01. The molecule has 0 aromatic rings. The van der Waals surface area contributed by atoms with Crippen LogP contribution >= 0.6 is 0 Å². The minimum atomic E-state index is -0.991. The van der Waals surface area contributed by atoms with Crippen LogP contribution in [0.5, 0.6) is 0 Å². The van der Waals surface area contributed by atoms with Crippen molar-refractivity contribution in [3.05, 3.63) is 0 Å². The molecule has 178 valence electrons. The zero-order valence-corrected chi connectivity index (χ0v) is 19.7. The third-order valence-electron chi connectivity index (χ3n) is 8.36. The van der Waals surface area contributed by atoms with Crippen molar-refractivity contribution < 1.29 is 29.0 Å². The Balaban J connectivity index is 1.61. The van der Waals surface area contributed by atoms with Gasteiger partial charge < -0.3 is 14.7 Å². The minimum Gasteiger partial charge on any atom is -0.465 e. The maximum Gasteiger partial charge on any atom is 0.417 e. The maximum absolute atomic E-state index is 13.9. The molecule has 0 heterocycles. The first-order valence-electron chi connectivity index (χ1n) is 11.9. The normalized spacial score (nSPS) is 37.4. The Kier molecular flexibility index (Phi) is 5.78. The van der Waals surface area contributed by atoms with Crippen molar-refractivity contribution >= 4 is 23.9 Å². The Hall–Kier alpha value is -2.12. The first kappa shape index (κ1) is 23.1. The Morgan fingerprint density at radius 2 is 1.38 bits per heavy atom. The molecule has 4 saturated carbocycles. The topological polar surface area (TPSA) is 104 Å². The highest BCUT2D eigenvalue weighted by molar-refractivity contribution is 5.94. The van der Waals surface area contributed by atoms with Crippen LogP contribution in [0.1, 0.15) is 66.2 Å². The van der Waals surface area contributed by atoms with Crippen molar-refractivity contribution in [1.82, 2.24) is 9.80 Å². The molecule has 8 atom stereocenters. The summed E-state index contributed by atoms with van der Waals surface area (Å²) in [6.07, 6.45) is 3.07. The van der Waals surface area contributed by atoms with Crippen molar-refractivity contribution in [3.8, 4) is 0 Å². The quantitative estimate of drug-likeness (QED) is 0.702. The molecule has 0 spiro atoms. The average molecular weight is 449 g/mol. The number of rotatable bonds is 4. The van der Waals surface area contributed by atoms with Gasteiger partial charge in [0.05, 0.1) is 0 Å². The average Bonchev–Trinajstić information content (AvgIpc) is 3.44. The summed E-state index contributed by atoms with van der Waals surface area (Å²) in [7, 11) is 1.56. The Morgan fingerprint density at radius 1 is 0.844 bits per heavy atom. The number of hydrogen-bond acceptors (Lipinski definition) is 5. The molecule has 0 radical (unpaired) electrons. The largest absolute Gasteiger partial charge is 0.465 e. The lowest BCUT2D eigenvalue weighted by molar-refractivity contribution is -0.142. The van der Waals surface area contributed by atoms with E-state index in [0.717, 1.165) is 32.1 Å². The summed E-state index contributed by atoms with van der Waals surface area (Å²) in [6.45, 7) is 6.94. The van der Waals surface area contributed by atoms with Crippen LogP contribution in [0.2, 0.25) is 0 Å². The van der Waals surface area contributed by atoms with E-state index in [9.17, 15) is 24.3 Å². The summed E-state index contributed by atoms with van der Waals surface area (Å²) in [5.41, 5.74) is -0.742. The number of ketones is 1. The van der Waals surface area contributed by atoms with Crippen LogP contribution in [0.3, 0.4) is 0 Å². The number of nitrogens with zero attached hydrogens (tertiary/aromatic N) is 2. The molecular weight excluding hydrogens is 412 g/mol. The van der Waals surface area contributed by atoms with Crippen LogP contribution in [0.15, 0.2) is 0 Å². The smallest absolute Gasteiger partial charge is 0.417 e. The molecule has 8 unspecified atom stereocenters. The van der Waals surface area contributed by atoms with E-state index in [4.69, 9.17) is 4.74 Å². The van der Waals surface area contributed by atoms with Gasteiger partial charge >= 0.3 is 12.2 Å². The summed E-state index contributed by atoms with van der Waals surface area (Å²) in [5, 5.41) is 9.47. The maximum atomic E-state index is 13.9. The van der Waals surface area contributed by atoms with Crippen LogP contribution in [0.25, 0.3) is 0 Å². The molecule has 4 bridgehead atoms. The molecular formula is C24H36N2O6. The number of carbonyl (C=O) groups excluding carboxylic acids is 3. The van der Waals surface area contributed by atoms with Gasteiger partial charge in [-0.2, -0.15) is 0 Å². The summed E-state index contributed by atoms with van der Waals surface area (Å²) < 4.78 is 5.67. The predicted molar refractivity (Wildman–Crippen MR) is 116 cm³/mol. The van der Waals surface area contributed by atoms with E-state index in [0.29, 0.717) is 18.3 Å². The van der Waals surface area contributed by atoms with Gasteiger partial charge in [0.25, 0.3) is 0 Å². The molecule has 0 aromatic heterocycles. The first-order chi connectivity index (χ1) is 14.9. The zero-order valence-electron chi connectivity index (χ0n) is 19.7. The summed E-state index contributed by atoms with van der Waals surface area (Å²) in [5.74, 6) is -0.0538. The molecule has 3 amide bonds. The zero-order chi connectivity index (χ0) is 23.5. The molecule has 1 N–H and O–H groups in total. The number of ether oxygens (including phenoxy) is 1. The molecule has 4 rings (SSSR count). The second kappa shape index (κ2) is 8.03. The van der Waals surface area contributed by atoms with Gasteiger partial charge in [0.2, 0.25) is 5.91 Å². The van der Waals surface area contributed by atoms with Crippen molar-refractivity contribution in [2.45, 2.75) is 83.9 Å². The summed E-state index contributed by atoms with van der Waals surface area (Å²) >= 11 is 0. The van der Waals surface area contributed by atoms with E-state index < -0.39 is 17.8 Å². The lowest BCUT2D eigenvalue weighted by Gasteiger charge is -2.40. The SMILES string of the molecule is CC(=O)C1CC2CC1C(N(C(=O)OC(C)(C)C)C(=O)C1CC3CC1C(N(C)C(=O)O)C3)C2. The fourth-order valence-corrected chi connectivity index (χ4v) is 7.14. The highest BCUT2D eigenvalue weighted by Crippen LogP contribution is 2.54. The molecule has 0 aromatic carbocycles. The fraction of sp³-hybridized carbons (Fsp3) is 0.833. The van der Waals surface area contributed by atoms with Crippen LogP contribution in [-0.2, 0) is 14.3 Å². The van der Waals surface area contributed by atoms with Crippen LogP contribution < -0.4 is 0 Å². The van der Waals surface area contributed by atoms with Gasteiger partial charge in [-0.3, -0.25) is 9.59 Å². The van der Waals surface area contributed by atoms with Gasteiger partial charge in [-0.1, -0.05) is 0 Å². The minimum absolute atomic E-state index is 0.00921. The highest BCUT2D eigenvalue weighted by atomic mass is 16.6. The second-order valence-electron chi connectivity index (χ2n) is 11.5. The van der Waals surface area contributed by atoms with Gasteiger partial charge in [-0.15, -0.1) is 0 Å². The van der Waals surface area contributed by atoms with E-state index in [1.807, 2.05) is 0 Å². The molecule has 4 aliphatic rings. The summed E-state index contributed by atoms with van der Waals surface area (Å²) in [6, 6.07) is -0.523. The fourth-order valence-electron chi connectivity index (χ4n) is 7.14. The molecule has 0 saturated heterocycles. The molecule has 32 heavy (non-hydrogen) atoms. The molecule has 8 heteroatoms. The van der Waals surface area contributed by atoms with Crippen LogP contribution in [0.4, 0.5) is 9.59 Å². The van der Waals surface area contributed by atoms with Gasteiger partial charge in [-0.05, 0) is 89.9 Å². The monoisotopic (exact) mass is 448 g/mol. The summed E-state index contributed by atoms with van der Waals surface area (Å²) in [4.78, 5) is 53.7. The molecule has 0 aliphatic heterocycles. The second-order valence-corrected chi connectivity index (χ2v) is 11.5. The first-order valence-corrected chi connectivity index (χ1v) is 11.9. The number of imide groups is 1. The standard InChI is InChI=1S/C24H36N2O6/c1-12(27)15-6-13-7-16(15)20(11-13)26(23(31)32-24(2,3)4)21(28)18-9-14-8-17(18)19(10-14)25(5)22(29)30/h13-20H,6-11H2,1-5H3,(H,29,30). The van der Waals surface area contributed by atoms with Crippen molar-refractivity contribution in [2.75, 3.05) is 7.05 Å². The van der Waals surface area contributed by atoms with Gasteiger partial charge in [0.15, 0.2) is 0 Å². The predicted octanol–water partition coefficient (Wildman–Crippen LogP) is 3.78. The van der Waals surface area contributed by atoms with Gasteiger partial charge in [-0.25, -0.2) is 14.5 Å². The highest BCUT2D eigenvalue weighted by Gasteiger charge is 2.57. The number of hydrogen-bond donors (Lipinski definition) is 1. The van der Waals surface area contributed by atoms with Crippen molar-refractivity contribution in [3.63, 3.8) is 0 Å². The third-order valence-corrected chi connectivity index (χ3v) is 8.36. The van der Waals surface area contributed by atoms with E-state index in [1.165, 1.54) is 9.80 Å². The number of carboxylic acid groups (broad SMARTS) is 1. The van der Waals surface area contributed by atoms with Crippen LogP contribution in [0, 0.1) is 35.5 Å². The molecule has 8 nitrogen and oxygen atoms in total. The van der Waals surface area contributed by atoms with Gasteiger partial charge in [0, 0.05) is 31.0 Å². The van der Waals surface area contributed by atoms with E-state index in [1.54, 1.807) is 34.7 Å². The number of fused-ring (bicyclic) bond motifs is 4. The van der Waals surface area contributed by atoms with Crippen molar-refractivity contribution in [1.29, 1.82) is 0 Å². The van der Waals surface area contributed by atoms with E-state index in [-0.39, 0.29) is 47.4 Å². The molecule has 4 fully saturated rings.